The Labute approximate surface area is 114 Å². The molecule has 1 N–H and O–H groups in total. The molecule has 1 unspecified atom stereocenters. The molecule has 1 aromatic carbocycles. The maximum Gasteiger partial charge on any atom is 0.157 e. The van der Waals surface area contributed by atoms with Crippen molar-refractivity contribution >= 4 is 39.1 Å². The summed E-state index contributed by atoms with van der Waals surface area (Å²) in [5.41, 5.74) is 0.997. The predicted octanol–water partition coefficient (Wildman–Crippen LogP) is 2.11. The third kappa shape index (κ3) is 2.58. The van der Waals surface area contributed by atoms with E-state index in [0.29, 0.717) is 6.42 Å². The maximum atomic E-state index is 12.1. The number of benzene rings is 1. The summed E-state index contributed by atoms with van der Waals surface area (Å²) >= 11 is 3.47. The third-order valence-corrected chi connectivity index (χ3v) is 5.07. The Morgan fingerprint density at radius 1 is 1.44 bits per heavy atom. The van der Waals surface area contributed by atoms with Crippen molar-refractivity contribution in [2.45, 2.75) is 12.5 Å². The quantitative estimate of drug-likeness (QED) is 0.934. The number of fused-ring (bicyclic) bond motifs is 1. The second-order valence-corrected chi connectivity index (χ2v) is 6.57. The van der Waals surface area contributed by atoms with E-state index < -0.39 is 0 Å². The molecule has 1 aliphatic heterocycles. The number of aromatic nitrogens is 1. The van der Waals surface area contributed by atoms with Gasteiger partial charge in [0.05, 0.1) is 22.7 Å². The fourth-order valence-corrected chi connectivity index (χ4v) is 3.99. The molecule has 0 bridgehead atoms. The first-order valence-corrected chi connectivity index (χ1v) is 7.98. The molecule has 0 amide bonds. The molecule has 3 nitrogen and oxygen atoms in total. The lowest BCUT2D eigenvalue weighted by molar-refractivity contribution is -0.119. The van der Waals surface area contributed by atoms with Crippen molar-refractivity contribution in [3.63, 3.8) is 0 Å². The molecule has 2 aromatic rings. The monoisotopic (exact) mass is 278 g/mol. The number of carbonyl (C=O) groups excluding carboxylic acids is 1. The minimum atomic E-state index is 0.00997. The van der Waals surface area contributed by atoms with E-state index in [-0.39, 0.29) is 11.8 Å². The Hall–Kier alpha value is -0.910. The SMILES string of the molecule is O=C(Cc1nc2ccccc2s1)C1CSCCN1. The predicted molar refractivity (Wildman–Crippen MR) is 77.4 cm³/mol. The summed E-state index contributed by atoms with van der Waals surface area (Å²) < 4.78 is 1.16. The van der Waals surface area contributed by atoms with Crippen molar-refractivity contribution in [1.82, 2.24) is 10.3 Å². The summed E-state index contributed by atoms with van der Waals surface area (Å²) in [7, 11) is 0. The molecule has 1 saturated heterocycles. The molecule has 2 heterocycles. The van der Waals surface area contributed by atoms with Crippen LogP contribution in [0.3, 0.4) is 0 Å². The highest BCUT2D eigenvalue weighted by atomic mass is 32.2. The van der Waals surface area contributed by atoms with Gasteiger partial charge in [-0.1, -0.05) is 12.1 Å². The van der Waals surface area contributed by atoms with Gasteiger partial charge in [0.1, 0.15) is 5.01 Å². The number of nitrogens with zero attached hydrogens (tertiary/aromatic N) is 1. The lowest BCUT2D eigenvalue weighted by atomic mass is 10.1. The van der Waals surface area contributed by atoms with Gasteiger partial charge in [-0.15, -0.1) is 11.3 Å². The molecule has 1 aromatic heterocycles. The van der Waals surface area contributed by atoms with Crippen LogP contribution in [0, 0.1) is 0 Å². The van der Waals surface area contributed by atoms with Crippen molar-refractivity contribution in [2.24, 2.45) is 0 Å². The number of rotatable bonds is 3. The first-order valence-electron chi connectivity index (χ1n) is 6.01. The summed E-state index contributed by atoms with van der Waals surface area (Å²) in [5, 5.41) is 4.21. The van der Waals surface area contributed by atoms with Gasteiger partial charge in [-0.3, -0.25) is 4.79 Å². The van der Waals surface area contributed by atoms with Gasteiger partial charge in [0, 0.05) is 18.1 Å². The smallest absolute Gasteiger partial charge is 0.157 e. The molecule has 0 aliphatic carbocycles. The zero-order valence-electron chi connectivity index (χ0n) is 9.89. The highest BCUT2D eigenvalue weighted by Crippen LogP contribution is 2.22. The summed E-state index contributed by atoms with van der Waals surface area (Å²) in [6.45, 7) is 0.931. The van der Waals surface area contributed by atoms with Crippen LogP contribution in [0.15, 0.2) is 24.3 Å². The number of hydrogen-bond donors (Lipinski definition) is 1. The molecule has 5 heteroatoms. The van der Waals surface area contributed by atoms with E-state index >= 15 is 0 Å². The first-order chi connectivity index (χ1) is 8.83. The zero-order valence-corrected chi connectivity index (χ0v) is 11.5. The van der Waals surface area contributed by atoms with Crippen LogP contribution < -0.4 is 5.32 Å². The van der Waals surface area contributed by atoms with E-state index in [2.05, 4.69) is 16.4 Å². The fraction of sp³-hybridized carbons (Fsp3) is 0.385. The fourth-order valence-electron chi connectivity index (χ4n) is 2.04. The number of nitrogens with one attached hydrogen (secondary N) is 1. The van der Waals surface area contributed by atoms with Crippen molar-refractivity contribution in [3.05, 3.63) is 29.3 Å². The van der Waals surface area contributed by atoms with Gasteiger partial charge < -0.3 is 5.32 Å². The third-order valence-electron chi connectivity index (χ3n) is 2.97. The molecule has 0 spiro atoms. The Morgan fingerprint density at radius 3 is 3.11 bits per heavy atom. The Bertz CT molecular complexity index is 528. The molecule has 18 heavy (non-hydrogen) atoms. The average molecular weight is 278 g/mol. The molecule has 94 valence electrons. The van der Waals surface area contributed by atoms with Gasteiger partial charge in [-0.25, -0.2) is 4.98 Å². The van der Waals surface area contributed by atoms with Crippen molar-refractivity contribution in [2.75, 3.05) is 18.1 Å². The first kappa shape index (κ1) is 12.1. The van der Waals surface area contributed by atoms with Gasteiger partial charge in [-0.2, -0.15) is 11.8 Å². The van der Waals surface area contributed by atoms with Crippen LogP contribution in [0.2, 0.25) is 0 Å². The van der Waals surface area contributed by atoms with Crippen molar-refractivity contribution in [3.8, 4) is 0 Å². The topological polar surface area (TPSA) is 42.0 Å². The summed E-state index contributed by atoms with van der Waals surface area (Å²) in [5.74, 6) is 2.26. The standard InChI is InChI=1S/C13H14N2OS2/c16-11(10-8-17-6-5-14-10)7-13-15-9-3-1-2-4-12(9)18-13/h1-4,10,14H,5-8H2. The van der Waals surface area contributed by atoms with E-state index in [1.807, 2.05) is 30.0 Å². The number of thiazole rings is 1. The van der Waals surface area contributed by atoms with E-state index in [9.17, 15) is 4.79 Å². The highest BCUT2D eigenvalue weighted by Gasteiger charge is 2.21. The minimum Gasteiger partial charge on any atom is -0.306 e. The van der Waals surface area contributed by atoms with E-state index in [4.69, 9.17) is 0 Å². The van der Waals surface area contributed by atoms with Crippen LogP contribution >= 0.6 is 23.1 Å². The number of para-hydroxylation sites is 1. The Kier molecular flexibility index (Phi) is 3.63. The highest BCUT2D eigenvalue weighted by molar-refractivity contribution is 7.99. The summed E-state index contributed by atoms with van der Waals surface area (Å²) in [4.78, 5) is 16.6. The van der Waals surface area contributed by atoms with Crippen molar-refractivity contribution < 1.29 is 4.79 Å². The molecule has 1 fully saturated rings. The molecular weight excluding hydrogens is 264 g/mol. The number of Topliss-reactive ketones (excluding diaryl/α,β-unsaturated/α-hetero) is 1. The second kappa shape index (κ2) is 5.38. The van der Waals surface area contributed by atoms with Gasteiger partial charge in [-0.05, 0) is 12.1 Å². The lowest BCUT2D eigenvalue weighted by Gasteiger charge is -2.21. The molecular formula is C13H14N2OS2. The summed E-state index contributed by atoms with van der Waals surface area (Å²) in [6, 6.07) is 8.04. The van der Waals surface area contributed by atoms with Crippen LogP contribution in [0.1, 0.15) is 5.01 Å². The molecule has 0 saturated carbocycles. The minimum absolute atomic E-state index is 0.00997. The van der Waals surface area contributed by atoms with Gasteiger partial charge in [0.15, 0.2) is 5.78 Å². The number of hydrogen-bond acceptors (Lipinski definition) is 5. The molecule has 0 radical (unpaired) electrons. The summed E-state index contributed by atoms with van der Waals surface area (Å²) in [6.07, 6.45) is 0.456. The zero-order chi connectivity index (χ0) is 12.4. The Morgan fingerprint density at radius 2 is 2.33 bits per heavy atom. The van der Waals surface area contributed by atoms with Crippen LogP contribution in [-0.4, -0.2) is 34.9 Å². The van der Waals surface area contributed by atoms with Crippen molar-refractivity contribution in [1.29, 1.82) is 0 Å². The maximum absolute atomic E-state index is 12.1. The van der Waals surface area contributed by atoms with Crippen LogP contribution in [-0.2, 0) is 11.2 Å². The molecule has 3 rings (SSSR count). The van der Waals surface area contributed by atoms with Crippen LogP contribution in [0.25, 0.3) is 10.2 Å². The molecule has 1 atom stereocenters. The number of ketones is 1. The van der Waals surface area contributed by atoms with Gasteiger partial charge >= 0.3 is 0 Å². The van der Waals surface area contributed by atoms with E-state index in [1.54, 1.807) is 11.3 Å². The number of thioether (sulfide) groups is 1. The normalized spacial score (nSPS) is 20.1. The van der Waals surface area contributed by atoms with Gasteiger partial charge in [0.25, 0.3) is 0 Å². The second-order valence-electron chi connectivity index (χ2n) is 4.30. The largest absolute Gasteiger partial charge is 0.306 e. The average Bonchev–Trinajstić information content (AvgIpc) is 2.82. The van der Waals surface area contributed by atoms with Crippen LogP contribution in [0.5, 0.6) is 0 Å². The molecule has 1 aliphatic rings. The van der Waals surface area contributed by atoms with E-state index in [0.717, 1.165) is 33.3 Å². The Balaban J connectivity index is 1.73. The van der Waals surface area contributed by atoms with E-state index in [1.165, 1.54) is 0 Å². The number of carbonyl (C=O) groups is 1. The lowest BCUT2D eigenvalue weighted by Crippen LogP contribution is -2.44. The van der Waals surface area contributed by atoms with Gasteiger partial charge in [0.2, 0.25) is 0 Å². The van der Waals surface area contributed by atoms with Crippen LogP contribution in [0.4, 0.5) is 0 Å².